The lowest BCUT2D eigenvalue weighted by atomic mass is 9.92. The quantitative estimate of drug-likeness (QED) is 0.627. The number of likely N-dealkylation sites (N-methyl/N-ethyl adjacent to an activating group) is 1. The molecule has 1 N–H and O–H groups in total. The number of carboxylic acids is 1. The Kier molecular flexibility index (Phi) is 5.51. The first-order valence-corrected chi connectivity index (χ1v) is 10.7. The number of hydrogen-bond donors (Lipinski definition) is 1. The molecular formula is C24H28ClN3O2. The fraction of sp³-hybridized carbons (Fsp3) is 0.375. The Bertz CT molecular complexity index is 1120. The molecule has 2 heterocycles. The van der Waals surface area contributed by atoms with Crippen LogP contribution in [0.25, 0.3) is 22.0 Å². The third kappa shape index (κ3) is 3.57. The highest BCUT2D eigenvalue weighted by Gasteiger charge is 2.29. The predicted molar refractivity (Wildman–Crippen MR) is 124 cm³/mol. The second kappa shape index (κ2) is 7.97. The molecule has 0 unspecified atom stereocenters. The maximum absolute atomic E-state index is 11.8. The van der Waals surface area contributed by atoms with Crippen LogP contribution in [0.5, 0.6) is 0 Å². The number of carbonyl (C=O) groups is 1. The summed E-state index contributed by atoms with van der Waals surface area (Å²) in [6.07, 6.45) is -0.100. The highest BCUT2D eigenvalue weighted by atomic mass is 35.5. The van der Waals surface area contributed by atoms with Gasteiger partial charge in [0.25, 0.3) is 0 Å². The van der Waals surface area contributed by atoms with Crippen LogP contribution in [0.4, 0.5) is 5.69 Å². The zero-order chi connectivity index (χ0) is 21.6. The van der Waals surface area contributed by atoms with E-state index in [1.807, 2.05) is 0 Å². The smallest absolute Gasteiger partial charge is 0.307 e. The third-order valence-corrected chi connectivity index (χ3v) is 6.37. The molecule has 0 radical (unpaired) electrons. The molecule has 0 spiro atoms. The summed E-state index contributed by atoms with van der Waals surface area (Å²) < 4.78 is 2.32. The van der Waals surface area contributed by atoms with Gasteiger partial charge in [0.1, 0.15) is 0 Å². The lowest BCUT2D eigenvalue weighted by Gasteiger charge is -2.34. The van der Waals surface area contributed by atoms with Crippen LogP contribution >= 0.6 is 11.6 Å². The van der Waals surface area contributed by atoms with Gasteiger partial charge in [-0.2, -0.15) is 0 Å². The number of hydrogen-bond acceptors (Lipinski definition) is 3. The van der Waals surface area contributed by atoms with E-state index >= 15 is 0 Å². The largest absolute Gasteiger partial charge is 0.481 e. The Balaban J connectivity index is 2.03. The van der Waals surface area contributed by atoms with E-state index in [1.54, 1.807) is 0 Å². The number of carboxylic acid groups (broad SMARTS) is 1. The number of benzene rings is 2. The van der Waals surface area contributed by atoms with Gasteiger partial charge in [-0.25, -0.2) is 0 Å². The molecule has 5 nitrogen and oxygen atoms in total. The monoisotopic (exact) mass is 425 g/mol. The van der Waals surface area contributed by atoms with E-state index in [1.165, 1.54) is 11.3 Å². The Morgan fingerprint density at radius 2 is 1.87 bits per heavy atom. The minimum atomic E-state index is -0.872. The highest BCUT2D eigenvalue weighted by molar-refractivity contribution is 6.37. The average molecular weight is 426 g/mol. The Morgan fingerprint density at radius 1 is 1.17 bits per heavy atom. The molecule has 0 fully saturated rings. The van der Waals surface area contributed by atoms with Gasteiger partial charge < -0.3 is 19.5 Å². The number of aryl methyl sites for hydroxylation is 2. The van der Waals surface area contributed by atoms with Crippen molar-refractivity contribution in [3.63, 3.8) is 0 Å². The van der Waals surface area contributed by atoms with E-state index in [4.69, 9.17) is 11.6 Å². The standard InChI is InChI=1S/C24H28ClN3O2/c1-15-5-7-17(8-6-15)21-18(14-20(29)30)22(25)24-23-19(21)13-16(2)28(23)12-11-27(24)10-9-26(3)4/h5-8,13H,9-12,14H2,1-4H3,(H,29,30). The van der Waals surface area contributed by atoms with E-state index in [-0.39, 0.29) is 6.42 Å². The number of rotatable bonds is 6. The molecule has 1 aliphatic rings. The molecule has 1 aliphatic heterocycles. The van der Waals surface area contributed by atoms with E-state index in [0.29, 0.717) is 10.6 Å². The van der Waals surface area contributed by atoms with E-state index in [9.17, 15) is 9.90 Å². The molecule has 0 saturated heterocycles. The summed E-state index contributed by atoms with van der Waals surface area (Å²) in [5.74, 6) is -0.872. The summed E-state index contributed by atoms with van der Waals surface area (Å²) in [5.41, 5.74) is 7.08. The van der Waals surface area contributed by atoms with E-state index in [0.717, 1.165) is 53.9 Å². The first kappa shape index (κ1) is 20.8. The zero-order valence-corrected chi connectivity index (χ0v) is 18.8. The van der Waals surface area contributed by atoms with Crippen molar-refractivity contribution in [2.24, 2.45) is 0 Å². The van der Waals surface area contributed by atoms with Crippen molar-refractivity contribution in [1.29, 1.82) is 0 Å². The van der Waals surface area contributed by atoms with Gasteiger partial charge >= 0.3 is 5.97 Å². The molecule has 1 aromatic heterocycles. The van der Waals surface area contributed by atoms with Crippen molar-refractivity contribution in [2.75, 3.05) is 38.6 Å². The van der Waals surface area contributed by atoms with Crippen LogP contribution in [-0.2, 0) is 17.8 Å². The van der Waals surface area contributed by atoms with Crippen molar-refractivity contribution < 1.29 is 9.90 Å². The predicted octanol–water partition coefficient (Wildman–Crippen LogP) is 4.59. The number of halogens is 1. The summed E-state index contributed by atoms with van der Waals surface area (Å²) >= 11 is 7.01. The summed E-state index contributed by atoms with van der Waals surface area (Å²) in [6, 6.07) is 10.4. The number of nitrogens with zero attached hydrogens (tertiary/aromatic N) is 3. The van der Waals surface area contributed by atoms with Crippen LogP contribution in [0.3, 0.4) is 0 Å². The molecule has 3 aromatic rings. The normalized spacial score (nSPS) is 13.5. The third-order valence-electron chi connectivity index (χ3n) is 5.97. The fourth-order valence-electron chi connectivity index (χ4n) is 4.46. The molecule has 30 heavy (non-hydrogen) atoms. The summed E-state index contributed by atoms with van der Waals surface area (Å²) in [5, 5.41) is 11.3. The molecule has 0 bridgehead atoms. The first-order valence-electron chi connectivity index (χ1n) is 10.3. The van der Waals surface area contributed by atoms with Crippen LogP contribution in [-0.4, -0.2) is 54.3 Å². The number of aliphatic carboxylic acids is 1. The van der Waals surface area contributed by atoms with Crippen molar-refractivity contribution in [3.8, 4) is 11.1 Å². The van der Waals surface area contributed by atoms with Crippen molar-refractivity contribution in [2.45, 2.75) is 26.8 Å². The minimum Gasteiger partial charge on any atom is -0.481 e. The fourth-order valence-corrected chi connectivity index (χ4v) is 4.83. The SMILES string of the molecule is Cc1ccc(-c2c(CC(=O)O)c(Cl)c3c4c2cc(C)n4CCN3CCN(C)C)cc1. The molecule has 4 rings (SSSR count). The minimum absolute atomic E-state index is 0.100. The second-order valence-corrected chi connectivity index (χ2v) is 8.82. The van der Waals surface area contributed by atoms with Crippen LogP contribution < -0.4 is 4.90 Å². The zero-order valence-electron chi connectivity index (χ0n) is 18.0. The number of anilines is 1. The van der Waals surface area contributed by atoms with E-state index in [2.05, 4.69) is 72.6 Å². The molecule has 0 saturated carbocycles. The van der Waals surface area contributed by atoms with Crippen LogP contribution in [0.1, 0.15) is 16.8 Å². The molecule has 6 heteroatoms. The molecule has 0 amide bonds. The summed E-state index contributed by atoms with van der Waals surface area (Å²) in [6.45, 7) is 7.69. The maximum Gasteiger partial charge on any atom is 0.307 e. The van der Waals surface area contributed by atoms with Crippen LogP contribution in [0, 0.1) is 13.8 Å². The van der Waals surface area contributed by atoms with Crippen molar-refractivity contribution in [1.82, 2.24) is 9.47 Å². The lowest BCUT2D eigenvalue weighted by molar-refractivity contribution is -0.136. The number of aromatic nitrogens is 1. The van der Waals surface area contributed by atoms with Crippen LogP contribution in [0.15, 0.2) is 30.3 Å². The topological polar surface area (TPSA) is 48.7 Å². The van der Waals surface area contributed by atoms with Gasteiger partial charge in [-0.05, 0) is 50.7 Å². The van der Waals surface area contributed by atoms with Gasteiger partial charge in [-0.1, -0.05) is 41.4 Å². The highest BCUT2D eigenvalue weighted by Crippen LogP contribution is 2.47. The Hall–Kier alpha value is -2.50. The molecule has 0 aliphatic carbocycles. The second-order valence-electron chi connectivity index (χ2n) is 8.44. The average Bonchev–Trinajstić information content (AvgIpc) is 3.02. The van der Waals surface area contributed by atoms with Gasteiger partial charge in [0.05, 0.1) is 22.6 Å². The van der Waals surface area contributed by atoms with Gasteiger partial charge in [0.2, 0.25) is 0 Å². The summed E-state index contributed by atoms with van der Waals surface area (Å²) in [4.78, 5) is 16.3. The van der Waals surface area contributed by atoms with Gasteiger partial charge in [-0.3, -0.25) is 4.79 Å². The molecule has 2 aromatic carbocycles. The van der Waals surface area contributed by atoms with Crippen LogP contribution in [0.2, 0.25) is 5.02 Å². The van der Waals surface area contributed by atoms with E-state index < -0.39 is 5.97 Å². The first-order chi connectivity index (χ1) is 14.3. The maximum atomic E-state index is 11.8. The summed E-state index contributed by atoms with van der Waals surface area (Å²) in [7, 11) is 4.12. The Labute approximate surface area is 182 Å². The van der Waals surface area contributed by atoms with Gasteiger partial charge in [0.15, 0.2) is 0 Å². The lowest BCUT2D eigenvalue weighted by Crippen LogP contribution is -2.37. The molecule has 158 valence electrons. The molecule has 0 atom stereocenters. The molecular weight excluding hydrogens is 398 g/mol. The van der Waals surface area contributed by atoms with Gasteiger partial charge in [-0.15, -0.1) is 0 Å². The van der Waals surface area contributed by atoms with Gasteiger partial charge in [0, 0.05) is 37.3 Å². The van der Waals surface area contributed by atoms with Crippen molar-refractivity contribution >= 4 is 34.2 Å². The Morgan fingerprint density at radius 3 is 2.50 bits per heavy atom. The van der Waals surface area contributed by atoms with Crippen molar-refractivity contribution in [3.05, 3.63) is 52.2 Å².